The molecule has 0 aliphatic carbocycles. The van der Waals surface area contributed by atoms with Gasteiger partial charge in [0, 0.05) is 11.1 Å². The van der Waals surface area contributed by atoms with Gasteiger partial charge in [0.05, 0.1) is 10.7 Å². The highest BCUT2D eigenvalue weighted by molar-refractivity contribution is 7.92. The lowest BCUT2D eigenvalue weighted by Crippen LogP contribution is -2.33. The van der Waals surface area contributed by atoms with Crippen molar-refractivity contribution in [1.29, 1.82) is 0 Å². The summed E-state index contributed by atoms with van der Waals surface area (Å²) < 4.78 is 23.5. The Balaban J connectivity index is 3.04. The van der Waals surface area contributed by atoms with Crippen LogP contribution in [-0.4, -0.2) is 30.3 Å². The average molecular weight is 333 g/mol. The summed E-state index contributed by atoms with van der Waals surface area (Å²) in [7, 11) is -3.70. The van der Waals surface area contributed by atoms with Crippen LogP contribution >= 0.6 is 11.6 Å². The minimum Gasteiger partial charge on any atom is -0.319 e. The number of anilines is 1. The first kappa shape index (κ1) is 17.1. The number of hydrogen-bond acceptors (Lipinski definition) is 5. The topological polar surface area (TPSA) is 106 Å². The Labute approximate surface area is 126 Å². The Morgan fingerprint density at radius 3 is 2.71 bits per heavy atom. The highest BCUT2D eigenvalue weighted by Gasteiger charge is 2.28. The van der Waals surface area contributed by atoms with Crippen molar-refractivity contribution in [2.75, 3.05) is 11.1 Å². The van der Waals surface area contributed by atoms with Gasteiger partial charge in [-0.2, -0.15) is 0 Å². The molecule has 1 amide bonds. The Morgan fingerprint density at radius 2 is 2.19 bits per heavy atom. The summed E-state index contributed by atoms with van der Waals surface area (Å²) in [5.41, 5.74) is -0.528. The zero-order valence-corrected chi connectivity index (χ0v) is 12.6. The maximum Gasteiger partial charge on any atom is 0.294 e. The van der Waals surface area contributed by atoms with Crippen molar-refractivity contribution in [2.24, 2.45) is 0 Å². The number of halogens is 1. The number of amides is 1. The van der Waals surface area contributed by atoms with Gasteiger partial charge in [-0.25, -0.2) is 8.42 Å². The molecule has 0 aromatic heterocycles. The first-order valence-electron chi connectivity index (χ1n) is 5.76. The van der Waals surface area contributed by atoms with E-state index in [9.17, 15) is 23.3 Å². The summed E-state index contributed by atoms with van der Waals surface area (Å²) in [6.07, 6.45) is 1.17. The fourth-order valence-corrected chi connectivity index (χ4v) is 2.64. The van der Waals surface area contributed by atoms with Crippen molar-refractivity contribution in [1.82, 2.24) is 0 Å². The van der Waals surface area contributed by atoms with E-state index in [1.807, 2.05) is 0 Å². The van der Waals surface area contributed by atoms with E-state index in [1.54, 1.807) is 0 Å². The molecule has 0 aliphatic heterocycles. The van der Waals surface area contributed by atoms with Crippen LogP contribution in [0.3, 0.4) is 0 Å². The second-order valence-corrected chi connectivity index (χ2v) is 6.97. The van der Waals surface area contributed by atoms with Gasteiger partial charge in [-0.05, 0) is 19.1 Å². The fourth-order valence-electron chi connectivity index (χ4n) is 1.47. The van der Waals surface area contributed by atoms with Crippen LogP contribution in [0.2, 0.25) is 5.02 Å². The average Bonchev–Trinajstić information content (AvgIpc) is 2.39. The molecular formula is C12H13ClN2O5S. The summed E-state index contributed by atoms with van der Waals surface area (Å²) in [6, 6.07) is 3.67. The number of hydrogen-bond donors (Lipinski definition) is 1. The number of nitrogens with one attached hydrogen (secondary N) is 1. The molecule has 0 radical (unpaired) electrons. The van der Waals surface area contributed by atoms with Gasteiger partial charge in [-0.1, -0.05) is 17.7 Å². The summed E-state index contributed by atoms with van der Waals surface area (Å²) in [5.74, 6) is -1.22. The zero-order valence-electron chi connectivity index (χ0n) is 11.1. The van der Waals surface area contributed by atoms with Gasteiger partial charge in [0.25, 0.3) is 5.69 Å². The van der Waals surface area contributed by atoms with E-state index in [4.69, 9.17) is 11.6 Å². The Bertz CT molecular complexity index is 687. The Kier molecular flexibility index (Phi) is 5.45. The van der Waals surface area contributed by atoms with Gasteiger partial charge < -0.3 is 5.32 Å². The van der Waals surface area contributed by atoms with Crippen LogP contribution in [-0.2, 0) is 14.6 Å². The number of benzene rings is 1. The third-order valence-electron chi connectivity index (χ3n) is 2.67. The predicted molar refractivity (Wildman–Crippen MR) is 80.2 cm³/mol. The molecule has 0 saturated carbocycles. The SMILES string of the molecule is C=CCS(=O)(=O)C(C)C(=O)Nc1ccc(Cl)cc1[N+](=O)[O-]. The van der Waals surface area contributed by atoms with E-state index in [0.717, 1.165) is 6.07 Å². The molecule has 0 bridgehead atoms. The summed E-state index contributed by atoms with van der Waals surface area (Å²) in [6.45, 7) is 4.51. The van der Waals surface area contributed by atoms with Crippen LogP contribution in [0.4, 0.5) is 11.4 Å². The third-order valence-corrected chi connectivity index (χ3v) is 4.90. The van der Waals surface area contributed by atoms with Gasteiger partial charge in [-0.3, -0.25) is 14.9 Å². The molecule has 0 heterocycles. The van der Waals surface area contributed by atoms with Gasteiger partial charge in [0.15, 0.2) is 9.84 Å². The molecule has 114 valence electrons. The largest absolute Gasteiger partial charge is 0.319 e. The highest BCUT2D eigenvalue weighted by atomic mass is 35.5. The van der Waals surface area contributed by atoms with Crippen molar-refractivity contribution in [3.8, 4) is 0 Å². The number of carbonyl (C=O) groups is 1. The lowest BCUT2D eigenvalue weighted by atomic mass is 10.2. The van der Waals surface area contributed by atoms with Gasteiger partial charge in [0.1, 0.15) is 10.9 Å². The molecule has 1 aromatic rings. The maximum absolute atomic E-state index is 11.9. The van der Waals surface area contributed by atoms with E-state index in [-0.39, 0.29) is 16.5 Å². The van der Waals surface area contributed by atoms with Crippen LogP contribution in [0.1, 0.15) is 6.92 Å². The van der Waals surface area contributed by atoms with Crippen LogP contribution in [0.15, 0.2) is 30.9 Å². The number of nitro benzene ring substituents is 1. The normalized spacial score (nSPS) is 12.5. The monoisotopic (exact) mass is 332 g/mol. The van der Waals surface area contributed by atoms with Crippen molar-refractivity contribution in [3.05, 3.63) is 46.0 Å². The van der Waals surface area contributed by atoms with E-state index < -0.39 is 31.6 Å². The first-order chi connectivity index (χ1) is 9.69. The van der Waals surface area contributed by atoms with Crippen LogP contribution in [0.25, 0.3) is 0 Å². The number of carbonyl (C=O) groups excluding carboxylic acids is 1. The number of nitrogens with zero attached hydrogens (tertiary/aromatic N) is 1. The van der Waals surface area contributed by atoms with Crippen molar-refractivity contribution in [3.63, 3.8) is 0 Å². The Morgan fingerprint density at radius 1 is 1.57 bits per heavy atom. The summed E-state index contributed by atoms with van der Waals surface area (Å²) in [4.78, 5) is 22.1. The molecule has 21 heavy (non-hydrogen) atoms. The van der Waals surface area contributed by atoms with E-state index in [0.29, 0.717) is 0 Å². The van der Waals surface area contributed by atoms with Crippen molar-refractivity contribution >= 4 is 38.7 Å². The quantitative estimate of drug-likeness (QED) is 0.488. The van der Waals surface area contributed by atoms with E-state index in [1.165, 1.54) is 25.1 Å². The molecule has 1 aromatic carbocycles. The summed E-state index contributed by atoms with van der Waals surface area (Å²) in [5, 5.41) is 11.9. The van der Waals surface area contributed by atoms with E-state index in [2.05, 4.69) is 11.9 Å². The summed E-state index contributed by atoms with van der Waals surface area (Å²) >= 11 is 5.65. The molecule has 0 saturated heterocycles. The second kappa shape index (κ2) is 6.68. The minimum absolute atomic E-state index is 0.116. The molecule has 0 fully saturated rings. The molecule has 1 rings (SSSR count). The lowest BCUT2D eigenvalue weighted by Gasteiger charge is -2.12. The van der Waals surface area contributed by atoms with Gasteiger partial charge >= 0.3 is 0 Å². The third kappa shape index (κ3) is 4.27. The van der Waals surface area contributed by atoms with E-state index >= 15 is 0 Å². The Hall–Kier alpha value is -1.93. The molecule has 1 unspecified atom stereocenters. The number of nitro groups is 1. The smallest absolute Gasteiger partial charge is 0.294 e. The van der Waals surface area contributed by atoms with Crippen molar-refractivity contribution < 1.29 is 18.1 Å². The molecule has 0 aliphatic rings. The van der Waals surface area contributed by atoms with Crippen LogP contribution < -0.4 is 5.32 Å². The standard InChI is InChI=1S/C12H13ClN2O5S/c1-3-6-21(19,20)8(2)12(16)14-10-5-4-9(13)7-11(10)15(17)18/h3-5,7-8H,1,6H2,2H3,(H,14,16). The van der Waals surface area contributed by atoms with Gasteiger partial charge in [0.2, 0.25) is 5.91 Å². The molecular weight excluding hydrogens is 320 g/mol. The minimum atomic E-state index is -3.70. The van der Waals surface area contributed by atoms with Crippen molar-refractivity contribution in [2.45, 2.75) is 12.2 Å². The highest BCUT2D eigenvalue weighted by Crippen LogP contribution is 2.28. The maximum atomic E-state index is 11.9. The number of sulfone groups is 1. The number of rotatable bonds is 6. The van der Waals surface area contributed by atoms with Crippen LogP contribution in [0.5, 0.6) is 0 Å². The first-order valence-corrected chi connectivity index (χ1v) is 7.85. The second-order valence-electron chi connectivity index (χ2n) is 4.17. The molecule has 9 heteroatoms. The molecule has 0 spiro atoms. The lowest BCUT2D eigenvalue weighted by molar-refractivity contribution is -0.383. The fraction of sp³-hybridized carbons (Fsp3) is 0.250. The van der Waals surface area contributed by atoms with Gasteiger partial charge in [-0.15, -0.1) is 6.58 Å². The predicted octanol–water partition coefficient (Wildman–Crippen LogP) is 2.18. The molecule has 1 atom stereocenters. The molecule has 7 nitrogen and oxygen atoms in total. The molecule has 1 N–H and O–H groups in total. The van der Waals surface area contributed by atoms with Crippen LogP contribution in [0, 0.1) is 10.1 Å². The zero-order chi connectivity index (χ0) is 16.2.